The van der Waals surface area contributed by atoms with Gasteiger partial charge >= 0.3 is 0 Å². The van der Waals surface area contributed by atoms with E-state index in [1.165, 1.54) is 0 Å². The summed E-state index contributed by atoms with van der Waals surface area (Å²) in [5.41, 5.74) is 4.44. The number of hydrogen-bond acceptors (Lipinski definition) is 2. The standard InChI is InChI=1S/C15H13ClN2/c1-10-6-7-12(9-17)15(8-10)18-14-5-3-4-13(16)11(14)2/h3-8,18H,1-2H3. The van der Waals surface area contributed by atoms with Crippen LogP contribution in [0.25, 0.3) is 0 Å². The molecule has 0 aliphatic carbocycles. The highest BCUT2D eigenvalue weighted by Crippen LogP contribution is 2.28. The molecule has 2 nitrogen and oxygen atoms in total. The molecule has 0 heterocycles. The highest BCUT2D eigenvalue weighted by molar-refractivity contribution is 6.31. The lowest BCUT2D eigenvalue weighted by Gasteiger charge is -2.12. The Balaban J connectivity index is 2.43. The first-order valence-electron chi connectivity index (χ1n) is 5.64. The number of nitrogens with one attached hydrogen (secondary N) is 1. The van der Waals surface area contributed by atoms with E-state index < -0.39 is 0 Å². The number of anilines is 2. The number of benzene rings is 2. The van der Waals surface area contributed by atoms with Crippen molar-refractivity contribution in [3.63, 3.8) is 0 Å². The van der Waals surface area contributed by atoms with Crippen molar-refractivity contribution in [1.82, 2.24) is 0 Å². The lowest BCUT2D eigenvalue weighted by molar-refractivity contribution is 1.38. The molecule has 18 heavy (non-hydrogen) atoms. The quantitative estimate of drug-likeness (QED) is 0.854. The Morgan fingerprint density at radius 1 is 1.11 bits per heavy atom. The van der Waals surface area contributed by atoms with Crippen molar-refractivity contribution in [1.29, 1.82) is 5.26 Å². The van der Waals surface area contributed by atoms with Crippen LogP contribution in [0.5, 0.6) is 0 Å². The predicted octanol–water partition coefficient (Wildman–Crippen LogP) is 4.57. The zero-order chi connectivity index (χ0) is 13.1. The molecule has 0 aliphatic heterocycles. The SMILES string of the molecule is Cc1ccc(C#N)c(Nc2cccc(Cl)c2C)c1. The molecule has 2 aromatic carbocycles. The van der Waals surface area contributed by atoms with Gasteiger partial charge in [-0.15, -0.1) is 0 Å². The molecular formula is C15H13ClN2. The summed E-state index contributed by atoms with van der Waals surface area (Å²) in [6, 6.07) is 13.6. The van der Waals surface area contributed by atoms with Gasteiger partial charge in [0.15, 0.2) is 0 Å². The summed E-state index contributed by atoms with van der Waals surface area (Å²) in [5.74, 6) is 0. The summed E-state index contributed by atoms with van der Waals surface area (Å²) >= 11 is 6.08. The Labute approximate surface area is 112 Å². The minimum absolute atomic E-state index is 0.625. The molecule has 0 saturated heterocycles. The topological polar surface area (TPSA) is 35.8 Å². The fourth-order valence-corrected chi connectivity index (χ4v) is 1.92. The summed E-state index contributed by atoms with van der Waals surface area (Å²) in [6.45, 7) is 3.95. The summed E-state index contributed by atoms with van der Waals surface area (Å²) in [5, 5.41) is 13.1. The zero-order valence-electron chi connectivity index (χ0n) is 10.3. The maximum Gasteiger partial charge on any atom is 0.101 e. The molecule has 90 valence electrons. The maximum absolute atomic E-state index is 9.10. The number of halogens is 1. The third-order valence-electron chi connectivity index (χ3n) is 2.83. The van der Waals surface area contributed by atoms with E-state index in [0.29, 0.717) is 10.6 Å². The van der Waals surface area contributed by atoms with E-state index in [-0.39, 0.29) is 0 Å². The van der Waals surface area contributed by atoms with E-state index in [2.05, 4.69) is 11.4 Å². The fraction of sp³-hybridized carbons (Fsp3) is 0.133. The average Bonchev–Trinajstić information content (AvgIpc) is 2.35. The highest BCUT2D eigenvalue weighted by Gasteiger charge is 2.06. The van der Waals surface area contributed by atoms with Gasteiger partial charge in [-0.1, -0.05) is 23.7 Å². The van der Waals surface area contributed by atoms with Gasteiger partial charge in [-0.2, -0.15) is 5.26 Å². The van der Waals surface area contributed by atoms with Gasteiger partial charge in [-0.3, -0.25) is 0 Å². The van der Waals surface area contributed by atoms with Crippen molar-refractivity contribution in [3.8, 4) is 6.07 Å². The van der Waals surface area contributed by atoms with Crippen LogP contribution in [0.2, 0.25) is 5.02 Å². The average molecular weight is 257 g/mol. The van der Waals surface area contributed by atoms with E-state index in [1.54, 1.807) is 0 Å². The second-order valence-corrected chi connectivity index (χ2v) is 4.61. The Morgan fingerprint density at radius 2 is 1.89 bits per heavy atom. The molecule has 0 fully saturated rings. The van der Waals surface area contributed by atoms with Crippen LogP contribution in [0.15, 0.2) is 36.4 Å². The number of hydrogen-bond donors (Lipinski definition) is 1. The van der Waals surface area contributed by atoms with Crippen molar-refractivity contribution in [3.05, 3.63) is 58.1 Å². The second-order valence-electron chi connectivity index (χ2n) is 4.20. The van der Waals surface area contributed by atoms with Crippen LogP contribution in [0.1, 0.15) is 16.7 Å². The van der Waals surface area contributed by atoms with Crippen LogP contribution in [0.4, 0.5) is 11.4 Å². The largest absolute Gasteiger partial charge is 0.354 e. The zero-order valence-corrected chi connectivity index (χ0v) is 11.0. The van der Waals surface area contributed by atoms with Gasteiger partial charge in [0.1, 0.15) is 6.07 Å². The summed E-state index contributed by atoms with van der Waals surface area (Å²) in [4.78, 5) is 0. The first-order valence-corrected chi connectivity index (χ1v) is 6.02. The molecule has 0 atom stereocenters. The maximum atomic E-state index is 9.10. The Hall–Kier alpha value is -1.98. The van der Waals surface area contributed by atoms with Crippen LogP contribution in [0, 0.1) is 25.2 Å². The molecule has 0 aromatic heterocycles. The smallest absolute Gasteiger partial charge is 0.101 e. The highest BCUT2D eigenvalue weighted by atomic mass is 35.5. The van der Waals surface area contributed by atoms with Crippen LogP contribution in [0.3, 0.4) is 0 Å². The molecule has 0 saturated carbocycles. The minimum atomic E-state index is 0.625. The minimum Gasteiger partial charge on any atom is -0.354 e. The predicted molar refractivity (Wildman–Crippen MR) is 75.4 cm³/mol. The van der Waals surface area contributed by atoms with Crippen molar-refractivity contribution in [2.75, 3.05) is 5.32 Å². The van der Waals surface area contributed by atoms with Crippen molar-refractivity contribution in [2.24, 2.45) is 0 Å². The van der Waals surface area contributed by atoms with Crippen molar-refractivity contribution >= 4 is 23.0 Å². The van der Waals surface area contributed by atoms with E-state index in [1.807, 2.05) is 50.2 Å². The van der Waals surface area contributed by atoms with Gasteiger partial charge in [0.2, 0.25) is 0 Å². The van der Waals surface area contributed by atoms with E-state index in [9.17, 15) is 0 Å². The normalized spacial score (nSPS) is 9.89. The molecule has 1 N–H and O–H groups in total. The molecule has 0 bridgehead atoms. The van der Waals surface area contributed by atoms with Crippen LogP contribution in [-0.4, -0.2) is 0 Å². The van der Waals surface area contributed by atoms with E-state index in [4.69, 9.17) is 16.9 Å². The first kappa shape index (κ1) is 12.5. The molecular weight excluding hydrogens is 244 g/mol. The van der Waals surface area contributed by atoms with Crippen LogP contribution >= 0.6 is 11.6 Å². The number of rotatable bonds is 2. The van der Waals surface area contributed by atoms with E-state index >= 15 is 0 Å². The molecule has 2 rings (SSSR count). The molecule has 0 spiro atoms. The lowest BCUT2D eigenvalue weighted by atomic mass is 10.1. The van der Waals surface area contributed by atoms with Gasteiger partial charge in [-0.25, -0.2) is 0 Å². The van der Waals surface area contributed by atoms with Crippen molar-refractivity contribution < 1.29 is 0 Å². The molecule has 0 radical (unpaired) electrons. The number of nitrogens with zero attached hydrogens (tertiary/aromatic N) is 1. The van der Waals surface area contributed by atoms with Gasteiger partial charge in [0, 0.05) is 10.7 Å². The third-order valence-corrected chi connectivity index (χ3v) is 3.24. The summed E-state index contributed by atoms with van der Waals surface area (Å²) < 4.78 is 0. The summed E-state index contributed by atoms with van der Waals surface area (Å²) in [6.07, 6.45) is 0. The first-order chi connectivity index (χ1) is 8.61. The molecule has 3 heteroatoms. The van der Waals surface area contributed by atoms with Crippen molar-refractivity contribution in [2.45, 2.75) is 13.8 Å². The summed E-state index contributed by atoms with van der Waals surface area (Å²) in [7, 11) is 0. The van der Waals surface area contributed by atoms with Crippen LogP contribution in [-0.2, 0) is 0 Å². The monoisotopic (exact) mass is 256 g/mol. The Morgan fingerprint density at radius 3 is 2.61 bits per heavy atom. The number of aryl methyl sites for hydroxylation is 1. The fourth-order valence-electron chi connectivity index (χ4n) is 1.75. The van der Waals surface area contributed by atoms with Gasteiger partial charge < -0.3 is 5.32 Å². The Kier molecular flexibility index (Phi) is 3.55. The van der Waals surface area contributed by atoms with Gasteiger partial charge in [-0.05, 0) is 49.2 Å². The Bertz CT molecular complexity index is 627. The molecule has 0 amide bonds. The van der Waals surface area contributed by atoms with Gasteiger partial charge in [0.25, 0.3) is 0 Å². The second kappa shape index (κ2) is 5.12. The number of nitriles is 1. The third kappa shape index (κ3) is 2.47. The molecule has 0 unspecified atom stereocenters. The molecule has 2 aromatic rings. The van der Waals surface area contributed by atoms with Gasteiger partial charge in [0.05, 0.1) is 11.3 Å². The molecule has 0 aliphatic rings. The lowest BCUT2D eigenvalue weighted by Crippen LogP contribution is -1.96. The van der Waals surface area contributed by atoms with E-state index in [0.717, 1.165) is 22.5 Å². The van der Waals surface area contributed by atoms with Crippen LogP contribution < -0.4 is 5.32 Å².